The Kier molecular flexibility index (Phi) is 5.90. The molecule has 0 aliphatic heterocycles. The SMILES string of the molecule is C=C(C)CN(CCC(=O)O)c1ccc(OC)cc1OC. The van der Waals surface area contributed by atoms with Gasteiger partial charge < -0.3 is 19.5 Å². The number of aliphatic carboxylic acids is 1. The largest absolute Gasteiger partial charge is 0.497 e. The zero-order chi connectivity index (χ0) is 15.1. The van der Waals surface area contributed by atoms with Crippen LogP contribution in [-0.2, 0) is 4.79 Å². The second-order valence-electron chi connectivity index (χ2n) is 4.56. The maximum atomic E-state index is 10.8. The molecular formula is C15H21NO4. The Hall–Kier alpha value is -2.17. The van der Waals surface area contributed by atoms with E-state index in [-0.39, 0.29) is 6.42 Å². The Morgan fingerprint density at radius 3 is 2.55 bits per heavy atom. The summed E-state index contributed by atoms with van der Waals surface area (Å²) in [5, 5.41) is 8.85. The first kappa shape index (κ1) is 15.9. The van der Waals surface area contributed by atoms with Gasteiger partial charge in [-0.2, -0.15) is 0 Å². The molecule has 110 valence electrons. The summed E-state index contributed by atoms with van der Waals surface area (Å²) in [6.07, 6.45) is 0.0580. The van der Waals surface area contributed by atoms with Crippen molar-refractivity contribution in [1.29, 1.82) is 0 Å². The molecule has 5 nitrogen and oxygen atoms in total. The normalized spacial score (nSPS) is 9.95. The third kappa shape index (κ3) is 4.50. The molecule has 0 aliphatic rings. The van der Waals surface area contributed by atoms with E-state index in [1.807, 2.05) is 24.0 Å². The van der Waals surface area contributed by atoms with Crippen molar-refractivity contribution in [2.24, 2.45) is 0 Å². The molecule has 0 aromatic heterocycles. The Morgan fingerprint density at radius 1 is 1.35 bits per heavy atom. The van der Waals surface area contributed by atoms with Gasteiger partial charge in [0.25, 0.3) is 0 Å². The molecule has 0 saturated carbocycles. The van der Waals surface area contributed by atoms with Crippen molar-refractivity contribution in [2.75, 3.05) is 32.2 Å². The molecule has 0 radical (unpaired) electrons. The van der Waals surface area contributed by atoms with Gasteiger partial charge in [-0.3, -0.25) is 4.79 Å². The van der Waals surface area contributed by atoms with Gasteiger partial charge in [-0.1, -0.05) is 12.2 Å². The van der Waals surface area contributed by atoms with E-state index < -0.39 is 5.97 Å². The highest BCUT2D eigenvalue weighted by molar-refractivity contribution is 5.68. The molecule has 0 unspecified atom stereocenters. The molecule has 1 rings (SSSR count). The van der Waals surface area contributed by atoms with Crippen LogP contribution in [0.15, 0.2) is 30.4 Å². The van der Waals surface area contributed by atoms with E-state index in [4.69, 9.17) is 14.6 Å². The van der Waals surface area contributed by atoms with Crippen LogP contribution in [0.3, 0.4) is 0 Å². The molecule has 20 heavy (non-hydrogen) atoms. The Labute approximate surface area is 119 Å². The Morgan fingerprint density at radius 2 is 2.05 bits per heavy atom. The van der Waals surface area contributed by atoms with Crippen molar-refractivity contribution in [3.8, 4) is 11.5 Å². The lowest BCUT2D eigenvalue weighted by atomic mass is 10.2. The fourth-order valence-electron chi connectivity index (χ4n) is 1.89. The average Bonchev–Trinajstić information content (AvgIpc) is 2.42. The number of carbonyl (C=O) groups is 1. The standard InChI is InChI=1S/C15H21NO4/c1-11(2)10-16(8-7-15(17)18)13-6-5-12(19-3)9-14(13)20-4/h5-6,9H,1,7-8,10H2,2-4H3,(H,17,18). The number of carboxylic acids is 1. The number of carboxylic acid groups (broad SMARTS) is 1. The van der Waals surface area contributed by atoms with Crippen LogP contribution in [0.2, 0.25) is 0 Å². The van der Waals surface area contributed by atoms with Gasteiger partial charge in [0.05, 0.1) is 26.3 Å². The van der Waals surface area contributed by atoms with Crippen molar-refractivity contribution in [2.45, 2.75) is 13.3 Å². The van der Waals surface area contributed by atoms with Crippen molar-refractivity contribution in [3.05, 3.63) is 30.4 Å². The van der Waals surface area contributed by atoms with Gasteiger partial charge in [0.15, 0.2) is 0 Å². The summed E-state index contributed by atoms with van der Waals surface area (Å²) < 4.78 is 10.5. The fourth-order valence-corrected chi connectivity index (χ4v) is 1.89. The van der Waals surface area contributed by atoms with Gasteiger partial charge in [-0.15, -0.1) is 0 Å². The summed E-state index contributed by atoms with van der Waals surface area (Å²) in [6.45, 7) is 6.76. The first-order valence-electron chi connectivity index (χ1n) is 6.31. The van der Waals surface area contributed by atoms with Gasteiger partial charge >= 0.3 is 5.97 Å². The molecule has 0 amide bonds. The average molecular weight is 279 g/mol. The van der Waals surface area contributed by atoms with E-state index in [1.165, 1.54) is 0 Å². The quantitative estimate of drug-likeness (QED) is 0.741. The molecule has 0 fully saturated rings. The van der Waals surface area contributed by atoms with E-state index >= 15 is 0 Å². The molecule has 1 N–H and O–H groups in total. The second kappa shape index (κ2) is 7.43. The lowest BCUT2D eigenvalue weighted by Crippen LogP contribution is -2.28. The summed E-state index contributed by atoms with van der Waals surface area (Å²) in [5.41, 5.74) is 1.78. The summed E-state index contributed by atoms with van der Waals surface area (Å²) >= 11 is 0. The van der Waals surface area contributed by atoms with Gasteiger partial charge in [-0.25, -0.2) is 0 Å². The topological polar surface area (TPSA) is 59.0 Å². The molecular weight excluding hydrogens is 258 g/mol. The monoisotopic (exact) mass is 279 g/mol. The van der Waals surface area contributed by atoms with E-state index in [0.29, 0.717) is 24.6 Å². The molecule has 0 aliphatic carbocycles. The minimum absolute atomic E-state index is 0.0580. The minimum Gasteiger partial charge on any atom is -0.497 e. The Bertz CT molecular complexity index is 485. The van der Waals surface area contributed by atoms with Crippen LogP contribution in [0.4, 0.5) is 5.69 Å². The van der Waals surface area contributed by atoms with E-state index in [9.17, 15) is 4.79 Å². The van der Waals surface area contributed by atoms with Gasteiger partial charge in [0.2, 0.25) is 0 Å². The van der Waals surface area contributed by atoms with Crippen LogP contribution in [0, 0.1) is 0 Å². The molecule has 0 atom stereocenters. The van der Waals surface area contributed by atoms with E-state index in [0.717, 1.165) is 11.3 Å². The number of ether oxygens (including phenoxy) is 2. The highest BCUT2D eigenvalue weighted by atomic mass is 16.5. The second-order valence-corrected chi connectivity index (χ2v) is 4.56. The number of rotatable bonds is 8. The van der Waals surface area contributed by atoms with Crippen LogP contribution >= 0.6 is 0 Å². The summed E-state index contributed by atoms with van der Waals surface area (Å²) in [4.78, 5) is 12.7. The summed E-state index contributed by atoms with van der Waals surface area (Å²) in [6, 6.07) is 5.47. The van der Waals surface area contributed by atoms with Crippen molar-refractivity contribution < 1.29 is 19.4 Å². The number of hydrogen-bond donors (Lipinski definition) is 1. The minimum atomic E-state index is -0.829. The fraction of sp³-hybridized carbons (Fsp3) is 0.400. The highest BCUT2D eigenvalue weighted by Gasteiger charge is 2.14. The number of benzene rings is 1. The highest BCUT2D eigenvalue weighted by Crippen LogP contribution is 2.32. The van der Waals surface area contributed by atoms with Crippen LogP contribution in [0.5, 0.6) is 11.5 Å². The van der Waals surface area contributed by atoms with Crippen LogP contribution < -0.4 is 14.4 Å². The molecule has 0 spiro atoms. The summed E-state index contributed by atoms with van der Waals surface area (Å²) in [5.74, 6) is 0.513. The van der Waals surface area contributed by atoms with Gasteiger partial charge in [0, 0.05) is 19.2 Å². The van der Waals surface area contributed by atoms with E-state index in [2.05, 4.69) is 6.58 Å². The van der Waals surface area contributed by atoms with Gasteiger partial charge in [0.1, 0.15) is 11.5 Å². The first-order chi connectivity index (χ1) is 9.47. The molecule has 1 aromatic carbocycles. The number of methoxy groups -OCH3 is 2. The smallest absolute Gasteiger partial charge is 0.305 e. The number of nitrogens with zero attached hydrogens (tertiary/aromatic N) is 1. The third-order valence-electron chi connectivity index (χ3n) is 2.78. The summed E-state index contributed by atoms with van der Waals surface area (Å²) in [7, 11) is 3.17. The predicted molar refractivity (Wildman–Crippen MR) is 78.8 cm³/mol. The zero-order valence-corrected chi connectivity index (χ0v) is 12.2. The molecule has 0 saturated heterocycles. The maximum absolute atomic E-state index is 10.8. The third-order valence-corrected chi connectivity index (χ3v) is 2.78. The molecule has 0 bridgehead atoms. The van der Waals surface area contributed by atoms with Crippen molar-refractivity contribution in [1.82, 2.24) is 0 Å². The lowest BCUT2D eigenvalue weighted by molar-refractivity contribution is -0.136. The predicted octanol–water partition coefficient (Wildman–Crippen LogP) is 2.56. The molecule has 0 heterocycles. The number of hydrogen-bond acceptors (Lipinski definition) is 4. The van der Waals surface area contributed by atoms with E-state index in [1.54, 1.807) is 20.3 Å². The van der Waals surface area contributed by atoms with Crippen molar-refractivity contribution in [3.63, 3.8) is 0 Å². The van der Waals surface area contributed by atoms with Crippen LogP contribution in [0.25, 0.3) is 0 Å². The Balaban J connectivity index is 3.04. The van der Waals surface area contributed by atoms with Gasteiger partial charge in [-0.05, 0) is 19.1 Å². The van der Waals surface area contributed by atoms with Crippen LogP contribution in [-0.4, -0.2) is 38.4 Å². The molecule has 1 aromatic rings. The zero-order valence-electron chi connectivity index (χ0n) is 12.2. The van der Waals surface area contributed by atoms with Crippen LogP contribution in [0.1, 0.15) is 13.3 Å². The maximum Gasteiger partial charge on any atom is 0.305 e. The number of anilines is 1. The lowest BCUT2D eigenvalue weighted by Gasteiger charge is -2.26. The van der Waals surface area contributed by atoms with Crippen molar-refractivity contribution >= 4 is 11.7 Å². The first-order valence-corrected chi connectivity index (χ1v) is 6.31. The molecule has 5 heteroatoms.